The first-order valence-electron chi connectivity index (χ1n) is 4.22. The fourth-order valence-corrected chi connectivity index (χ4v) is 1.18. The van der Waals surface area contributed by atoms with E-state index in [1.807, 2.05) is 19.4 Å². The molecule has 0 radical (unpaired) electrons. The molecule has 4 nitrogen and oxygen atoms in total. The summed E-state index contributed by atoms with van der Waals surface area (Å²) in [4.78, 5) is 6.30. The van der Waals surface area contributed by atoms with Gasteiger partial charge in [-0.15, -0.1) is 0 Å². The fraction of sp³-hybridized carbons (Fsp3) is 0.625. The number of anilines is 1. The van der Waals surface area contributed by atoms with Crippen molar-refractivity contribution in [1.29, 1.82) is 0 Å². The van der Waals surface area contributed by atoms with Gasteiger partial charge in [0, 0.05) is 39.1 Å². The van der Waals surface area contributed by atoms with Gasteiger partial charge in [0.25, 0.3) is 0 Å². The molecule has 12 heavy (non-hydrogen) atoms. The van der Waals surface area contributed by atoms with Gasteiger partial charge < -0.3 is 15.2 Å². The number of hydrogen-bond acceptors (Lipinski definition) is 3. The molecule has 1 rings (SSSR count). The van der Waals surface area contributed by atoms with E-state index >= 15 is 0 Å². The second kappa shape index (κ2) is 4.11. The molecule has 0 saturated carbocycles. The van der Waals surface area contributed by atoms with Crippen LogP contribution >= 0.6 is 0 Å². The average molecular weight is 168 g/mol. The molecule has 68 valence electrons. The quantitative estimate of drug-likeness (QED) is 0.703. The molecule has 0 bridgehead atoms. The maximum atomic E-state index is 5.45. The maximum absolute atomic E-state index is 5.45. The lowest BCUT2D eigenvalue weighted by molar-refractivity contribution is 0.724. The topological polar surface area (TPSA) is 47.1 Å². The van der Waals surface area contributed by atoms with Gasteiger partial charge in [0.05, 0.1) is 0 Å². The molecule has 0 atom stereocenters. The van der Waals surface area contributed by atoms with Gasteiger partial charge in [0.2, 0.25) is 5.95 Å². The summed E-state index contributed by atoms with van der Waals surface area (Å²) in [6.07, 6.45) is 3.79. The Morgan fingerprint density at radius 2 is 2.42 bits per heavy atom. The molecule has 0 spiro atoms. The first-order valence-corrected chi connectivity index (χ1v) is 4.22. The third-order valence-corrected chi connectivity index (χ3v) is 1.84. The third-order valence-electron chi connectivity index (χ3n) is 1.84. The smallest absolute Gasteiger partial charge is 0.205 e. The standard InChI is InChI=1S/C8H16N4/c1-3-12-7-5-10-8(12)11(2)6-4-9/h5,7H,3-4,6,9H2,1-2H3. The summed E-state index contributed by atoms with van der Waals surface area (Å²) in [6.45, 7) is 4.55. The van der Waals surface area contributed by atoms with E-state index in [-0.39, 0.29) is 0 Å². The lowest BCUT2D eigenvalue weighted by Gasteiger charge is -2.17. The molecule has 2 N–H and O–H groups in total. The molecule has 0 unspecified atom stereocenters. The summed E-state index contributed by atoms with van der Waals surface area (Å²) in [6, 6.07) is 0. The van der Waals surface area contributed by atoms with Crippen molar-refractivity contribution in [3.8, 4) is 0 Å². The summed E-state index contributed by atoms with van der Waals surface area (Å²) in [5.41, 5.74) is 5.45. The molecule has 0 fully saturated rings. The van der Waals surface area contributed by atoms with Gasteiger partial charge in [0.15, 0.2) is 0 Å². The van der Waals surface area contributed by atoms with Gasteiger partial charge in [-0.2, -0.15) is 0 Å². The monoisotopic (exact) mass is 168 g/mol. The SMILES string of the molecule is CCn1ccnc1N(C)CCN. The van der Waals surface area contributed by atoms with Gasteiger partial charge in [-0.25, -0.2) is 4.98 Å². The van der Waals surface area contributed by atoms with Crippen molar-refractivity contribution in [3.63, 3.8) is 0 Å². The number of imidazole rings is 1. The van der Waals surface area contributed by atoms with Gasteiger partial charge in [-0.05, 0) is 6.92 Å². The van der Waals surface area contributed by atoms with Crippen molar-refractivity contribution < 1.29 is 0 Å². The number of rotatable bonds is 4. The molecule has 0 aliphatic heterocycles. The molecular weight excluding hydrogens is 152 g/mol. The van der Waals surface area contributed by atoms with Crippen LogP contribution in [0.5, 0.6) is 0 Å². The van der Waals surface area contributed by atoms with Crippen LogP contribution in [0.15, 0.2) is 12.4 Å². The lowest BCUT2D eigenvalue weighted by Crippen LogP contribution is -2.27. The molecule has 0 aliphatic rings. The van der Waals surface area contributed by atoms with Crippen molar-refractivity contribution in [1.82, 2.24) is 9.55 Å². The second-order valence-corrected chi connectivity index (χ2v) is 2.72. The molecule has 4 heteroatoms. The largest absolute Gasteiger partial charge is 0.344 e. The second-order valence-electron chi connectivity index (χ2n) is 2.72. The van der Waals surface area contributed by atoms with Gasteiger partial charge >= 0.3 is 0 Å². The van der Waals surface area contributed by atoms with E-state index < -0.39 is 0 Å². The lowest BCUT2D eigenvalue weighted by atomic mass is 10.5. The van der Waals surface area contributed by atoms with E-state index in [0.29, 0.717) is 6.54 Å². The van der Waals surface area contributed by atoms with Crippen molar-refractivity contribution in [2.75, 3.05) is 25.0 Å². The van der Waals surface area contributed by atoms with Crippen LogP contribution in [0.3, 0.4) is 0 Å². The molecule has 1 aromatic heterocycles. The molecular formula is C8H16N4. The van der Waals surface area contributed by atoms with Gasteiger partial charge in [-0.3, -0.25) is 0 Å². The Balaban J connectivity index is 2.71. The predicted molar refractivity (Wildman–Crippen MR) is 50.2 cm³/mol. The van der Waals surface area contributed by atoms with Crippen LogP contribution in [-0.4, -0.2) is 29.7 Å². The van der Waals surface area contributed by atoms with E-state index in [9.17, 15) is 0 Å². The summed E-state index contributed by atoms with van der Waals surface area (Å²) in [7, 11) is 2.00. The number of nitrogens with two attached hydrogens (primary N) is 1. The zero-order chi connectivity index (χ0) is 8.97. The summed E-state index contributed by atoms with van der Waals surface area (Å²) >= 11 is 0. The molecule has 1 heterocycles. The van der Waals surface area contributed by atoms with E-state index in [1.54, 1.807) is 0 Å². The first-order chi connectivity index (χ1) is 5.79. The number of nitrogens with zero attached hydrogens (tertiary/aromatic N) is 3. The minimum absolute atomic E-state index is 0.660. The summed E-state index contributed by atoms with van der Waals surface area (Å²) < 4.78 is 2.09. The zero-order valence-corrected chi connectivity index (χ0v) is 7.70. The van der Waals surface area contributed by atoms with E-state index in [4.69, 9.17) is 5.73 Å². The van der Waals surface area contributed by atoms with E-state index in [0.717, 1.165) is 19.0 Å². The predicted octanol–water partition coefficient (Wildman–Crippen LogP) is 0.298. The van der Waals surface area contributed by atoms with E-state index in [1.165, 1.54) is 0 Å². The minimum atomic E-state index is 0.660. The van der Waals surface area contributed by atoms with Crippen LogP contribution in [0.2, 0.25) is 0 Å². The highest BCUT2D eigenvalue weighted by molar-refractivity contribution is 5.29. The van der Waals surface area contributed by atoms with Crippen molar-refractivity contribution in [2.45, 2.75) is 13.5 Å². The first kappa shape index (κ1) is 9.06. The Labute approximate surface area is 73.0 Å². The maximum Gasteiger partial charge on any atom is 0.205 e. The number of aromatic nitrogens is 2. The number of likely N-dealkylation sites (N-methyl/N-ethyl adjacent to an activating group) is 1. The highest BCUT2D eigenvalue weighted by Gasteiger charge is 2.04. The number of hydrogen-bond donors (Lipinski definition) is 1. The normalized spacial score (nSPS) is 10.2. The Kier molecular flexibility index (Phi) is 3.10. The Morgan fingerprint density at radius 3 is 3.00 bits per heavy atom. The van der Waals surface area contributed by atoms with Crippen LogP contribution in [0.25, 0.3) is 0 Å². The highest BCUT2D eigenvalue weighted by atomic mass is 15.3. The van der Waals surface area contributed by atoms with Crippen LogP contribution < -0.4 is 10.6 Å². The van der Waals surface area contributed by atoms with Crippen molar-refractivity contribution >= 4 is 5.95 Å². The van der Waals surface area contributed by atoms with Crippen LogP contribution in [0, 0.1) is 0 Å². The summed E-state index contributed by atoms with van der Waals surface area (Å²) in [5, 5.41) is 0. The summed E-state index contributed by atoms with van der Waals surface area (Å²) in [5.74, 6) is 0.989. The Morgan fingerprint density at radius 1 is 1.67 bits per heavy atom. The van der Waals surface area contributed by atoms with Crippen LogP contribution in [0.4, 0.5) is 5.95 Å². The third kappa shape index (κ3) is 1.76. The molecule has 0 amide bonds. The van der Waals surface area contributed by atoms with E-state index in [2.05, 4.69) is 21.4 Å². The van der Waals surface area contributed by atoms with Gasteiger partial charge in [-0.1, -0.05) is 0 Å². The number of aryl methyl sites for hydroxylation is 1. The minimum Gasteiger partial charge on any atom is -0.344 e. The van der Waals surface area contributed by atoms with Gasteiger partial charge in [0.1, 0.15) is 0 Å². The molecule has 1 aromatic rings. The Bertz CT molecular complexity index is 231. The van der Waals surface area contributed by atoms with Crippen LogP contribution in [-0.2, 0) is 6.54 Å². The van der Waals surface area contributed by atoms with Crippen molar-refractivity contribution in [3.05, 3.63) is 12.4 Å². The molecule has 0 saturated heterocycles. The van der Waals surface area contributed by atoms with Crippen LogP contribution in [0.1, 0.15) is 6.92 Å². The fourth-order valence-electron chi connectivity index (χ4n) is 1.18. The molecule has 0 aromatic carbocycles. The zero-order valence-electron chi connectivity index (χ0n) is 7.70. The highest BCUT2D eigenvalue weighted by Crippen LogP contribution is 2.07. The Hall–Kier alpha value is -1.03. The average Bonchev–Trinajstić information content (AvgIpc) is 2.51. The van der Waals surface area contributed by atoms with Crippen molar-refractivity contribution in [2.24, 2.45) is 5.73 Å². The molecule has 0 aliphatic carbocycles.